The fourth-order valence-electron chi connectivity index (χ4n) is 7.85. The van der Waals surface area contributed by atoms with Gasteiger partial charge in [-0.25, -0.2) is 0 Å². The lowest BCUT2D eigenvalue weighted by Gasteiger charge is -2.53. The Morgan fingerprint density at radius 1 is 1.00 bits per heavy atom. The minimum atomic E-state index is -0.996. The van der Waals surface area contributed by atoms with Gasteiger partial charge in [0.25, 0.3) is 0 Å². The highest BCUT2D eigenvalue weighted by molar-refractivity contribution is 5.93. The Morgan fingerprint density at radius 3 is 2.53 bits per heavy atom. The van der Waals surface area contributed by atoms with Crippen LogP contribution in [0.5, 0.6) is 0 Å². The molecule has 184 valence electrons. The van der Waals surface area contributed by atoms with Crippen molar-refractivity contribution in [1.29, 1.82) is 0 Å². The fourth-order valence-corrected chi connectivity index (χ4v) is 7.85. The van der Waals surface area contributed by atoms with Crippen LogP contribution in [0.25, 0.3) is 0 Å². The third-order valence-corrected chi connectivity index (χ3v) is 9.86. The van der Waals surface area contributed by atoms with Gasteiger partial charge in [-0.05, 0) is 97.3 Å². The molecule has 2 fully saturated rings. The zero-order chi connectivity index (χ0) is 24.9. The van der Waals surface area contributed by atoms with E-state index in [1.807, 2.05) is 36.4 Å². The van der Waals surface area contributed by atoms with Crippen LogP contribution in [0.1, 0.15) is 81.4 Å². The SMILES string of the molecule is CCc1ccc([C@H]2C[C@@]3(C)[C@@H](CC[C@@]3(O)C#Cc3ccccc3)[C@@H]3CCC4=CC(=O)CCC4=C32)cc1. The van der Waals surface area contributed by atoms with Gasteiger partial charge in [0.05, 0.1) is 0 Å². The Hall–Kier alpha value is -2.89. The second kappa shape index (κ2) is 8.89. The van der Waals surface area contributed by atoms with Crippen LogP contribution in [0.2, 0.25) is 0 Å². The number of carbonyl (C=O) groups excluding carboxylic acids is 1. The molecular weight excluding hydrogens is 440 g/mol. The predicted octanol–water partition coefficient (Wildman–Crippen LogP) is 6.93. The van der Waals surface area contributed by atoms with Gasteiger partial charge in [0.2, 0.25) is 0 Å². The quantitative estimate of drug-likeness (QED) is 0.477. The van der Waals surface area contributed by atoms with Gasteiger partial charge in [-0.15, -0.1) is 0 Å². The van der Waals surface area contributed by atoms with Crippen LogP contribution in [-0.4, -0.2) is 16.5 Å². The van der Waals surface area contributed by atoms with Crippen LogP contribution in [0, 0.1) is 29.1 Å². The Balaban J connectivity index is 1.47. The first kappa shape index (κ1) is 23.5. The van der Waals surface area contributed by atoms with E-state index in [2.05, 4.69) is 50.0 Å². The van der Waals surface area contributed by atoms with Crippen LogP contribution in [0.15, 0.2) is 77.4 Å². The molecular formula is C34H36O2. The maximum absolute atomic E-state index is 12.3. The third kappa shape index (κ3) is 3.72. The zero-order valence-electron chi connectivity index (χ0n) is 21.5. The summed E-state index contributed by atoms with van der Waals surface area (Å²) >= 11 is 0. The van der Waals surface area contributed by atoms with Gasteiger partial charge in [0, 0.05) is 23.3 Å². The number of carbonyl (C=O) groups is 1. The Morgan fingerprint density at radius 2 is 1.78 bits per heavy atom. The minimum Gasteiger partial charge on any atom is -0.377 e. The summed E-state index contributed by atoms with van der Waals surface area (Å²) in [7, 11) is 0. The summed E-state index contributed by atoms with van der Waals surface area (Å²) in [5.41, 5.74) is 6.72. The number of benzene rings is 2. The van der Waals surface area contributed by atoms with Crippen LogP contribution >= 0.6 is 0 Å². The molecule has 4 aliphatic carbocycles. The van der Waals surface area contributed by atoms with Crippen molar-refractivity contribution >= 4 is 5.78 Å². The van der Waals surface area contributed by atoms with Crippen molar-refractivity contribution in [1.82, 2.24) is 0 Å². The normalized spacial score (nSPS) is 33.1. The van der Waals surface area contributed by atoms with Crippen molar-refractivity contribution in [2.75, 3.05) is 0 Å². The van der Waals surface area contributed by atoms with Gasteiger partial charge in [-0.2, -0.15) is 0 Å². The number of rotatable bonds is 2. The molecule has 0 aliphatic heterocycles. The Bertz CT molecular complexity index is 1300. The number of aryl methyl sites for hydroxylation is 1. The predicted molar refractivity (Wildman–Crippen MR) is 144 cm³/mol. The lowest BCUT2D eigenvalue weighted by atomic mass is 9.51. The standard InChI is InChI=1S/C34H36O2/c1-3-23-9-11-25(12-10-23)30-22-33(2)31(18-20-34(33,36)19-17-24-7-5-4-6-8-24)29-15-13-26-21-27(35)14-16-28(26)32(29)30/h4-12,21,29-31,36H,3,13-16,18,20,22H2,1-2H3/t29-,30+,31-,33-,34-/m0/s1. The zero-order valence-corrected chi connectivity index (χ0v) is 21.5. The summed E-state index contributed by atoms with van der Waals surface area (Å²) in [6.07, 6.45) is 9.18. The molecule has 0 amide bonds. The third-order valence-electron chi connectivity index (χ3n) is 9.86. The fraction of sp³-hybridized carbons (Fsp3) is 0.441. The molecule has 0 heterocycles. The van der Waals surface area contributed by atoms with E-state index in [1.54, 1.807) is 5.57 Å². The van der Waals surface area contributed by atoms with Crippen LogP contribution in [0.4, 0.5) is 0 Å². The van der Waals surface area contributed by atoms with E-state index >= 15 is 0 Å². The van der Waals surface area contributed by atoms with E-state index in [4.69, 9.17) is 0 Å². The van der Waals surface area contributed by atoms with E-state index in [1.165, 1.54) is 22.3 Å². The second-order valence-electron chi connectivity index (χ2n) is 11.6. The smallest absolute Gasteiger partial charge is 0.156 e. The molecule has 2 saturated carbocycles. The van der Waals surface area contributed by atoms with Gasteiger partial charge in [0.1, 0.15) is 5.60 Å². The number of hydrogen-bond acceptors (Lipinski definition) is 2. The molecule has 36 heavy (non-hydrogen) atoms. The van der Waals surface area contributed by atoms with Gasteiger partial charge >= 0.3 is 0 Å². The van der Waals surface area contributed by atoms with Crippen molar-refractivity contribution in [3.8, 4) is 11.8 Å². The van der Waals surface area contributed by atoms with Gasteiger partial charge in [-0.3, -0.25) is 4.79 Å². The molecule has 0 radical (unpaired) electrons. The summed E-state index contributed by atoms with van der Waals surface area (Å²) in [5, 5.41) is 12.2. The highest BCUT2D eigenvalue weighted by Crippen LogP contribution is 2.66. The molecule has 2 heteroatoms. The Labute approximate surface area is 215 Å². The molecule has 6 rings (SSSR count). The summed E-state index contributed by atoms with van der Waals surface area (Å²) in [6, 6.07) is 19.2. The van der Waals surface area contributed by atoms with Crippen LogP contribution in [0.3, 0.4) is 0 Å². The molecule has 0 spiro atoms. The van der Waals surface area contributed by atoms with Crippen molar-refractivity contribution in [3.63, 3.8) is 0 Å². The van der Waals surface area contributed by atoms with Gasteiger partial charge < -0.3 is 5.11 Å². The molecule has 0 bridgehead atoms. The van der Waals surface area contributed by atoms with Crippen molar-refractivity contribution < 1.29 is 9.90 Å². The highest BCUT2D eigenvalue weighted by Gasteiger charge is 2.62. The van der Waals surface area contributed by atoms with Crippen LogP contribution < -0.4 is 0 Å². The topological polar surface area (TPSA) is 37.3 Å². The van der Waals surface area contributed by atoms with Crippen LogP contribution in [-0.2, 0) is 11.2 Å². The van der Waals surface area contributed by atoms with Crippen molar-refractivity contribution in [2.45, 2.75) is 76.7 Å². The number of fused-ring (bicyclic) bond motifs is 4. The van der Waals surface area contributed by atoms with Crippen molar-refractivity contribution in [2.24, 2.45) is 17.3 Å². The summed E-state index contributed by atoms with van der Waals surface area (Å²) in [6.45, 7) is 4.51. The largest absolute Gasteiger partial charge is 0.377 e. The summed E-state index contributed by atoms with van der Waals surface area (Å²) < 4.78 is 0. The van der Waals surface area contributed by atoms with Gasteiger partial charge in [0.15, 0.2) is 5.78 Å². The molecule has 0 unspecified atom stereocenters. The number of ketones is 1. The molecule has 1 N–H and O–H groups in total. The summed E-state index contributed by atoms with van der Waals surface area (Å²) in [4.78, 5) is 12.3. The molecule has 4 aliphatic rings. The first-order chi connectivity index (χ1) is 17.4. The first-order valence-corrected chi connectivity index (χ1v) is 13.8. The maximum Gasteiger partial charge on any atom is 0.156 e. The average Bonchev–Trinajstić information content (AvgIpc) is 3.17. The number of aliphatic hydroxyl groups is 1. The second-order valence-corrected chi connectivity index (χ2v) is 11.6. The molecule has 0 saturated heterocycles. The molecule has 0 aromatic heterocycles. The highest BCUT2D eigenvalue weighted by atomic mass is 16.3. The molecule has 5 atom stereocenters. The average molecular weight is 477 g/mol. The van der Waals surface area contributed by atoms with E-state index in [-0.39, 0.29) is 17.1 Å². The van der Waals surface area contributed by atoms with E-state index in [9.17, 15) is 9.90 Å². The van der Waals surface area contributed by atoms with E-state index in [0.717, 1.165) is 50.5 Å². The van der Waals surface area contributed by atoms with E-state index < -0.39 is 5.60 Å². The van der Waals surface area contributed by atoms with Crippen molar-refractivity contribution in [3.05, 3.63) is 94.1 Å². The number of allylic oxidation sites excluding steroid dienone is 4. The molecule has 2 aromatic rings. The lowest BCUT2D eigenvalue weighted by molar-refractivity contribution is -0.114. The maximum atomic E-state index is 12.3. The minimum absolute atomic E-state index is 0.261. The van der Waals surface area contributed by atoms with Gasteiger partial charge in [-0.1, -0.05) is 73.7 Å². The van der Waals surface area contributed by atoms with E-state index in [0.29, 0.717) is 18.3 Å². The molecule has 2 aromatic carbocycles. The first-order valence-electron chi connectivity index (χ1n) is 13.8. The lowest BCUT2D eigenvalue weighted by Crippen LogP contribution is -2.51. The summed E-state index contributed by atoms with van der Waals surface area (Å²) in [5.74, 6) is 8.12. The Kier molecular flexibility index (Phi) is 5.81. The number of hydrogen-bond donors (Lipinski definition) is 1. The monoisotopic (exact) mass is 476 g/mol. The molecule has 2 nitrogen and oxygen atoms in total.